The van der Waals surface area contributed by atoms with Gasteiger partial charge >= 0.3 is 0 Å². The largest absolute Gasteiger partial charge is 0.369 e. The van der Waals surface area contributed by atoms with Crippen molar-refractivity contribution in [2.45, 2.75) is 25.7 Å². The molecule has 0 spiro atoms. The highest BCUT2D eigenvalue weighted by molar-refractivity contribution is 5.68. The molecule has 3 rings (SSSR count). The molecule has 0 bridgehead atoms. The number of hydrogen-bond donors (Lipinski definition) is 1. The van der Waals surface area contributed by atoms with Gasteiger partial charge in [-0.15, -0.1) is 0 Å². The van der Waals surface area contributed by atoms with Crippen LogP contribution in [0.2, 0.25) is 0 Å². The third-order valence-electron chi connectivity index (χ3n) is 3.57. The van der Waals surface area contributed by atoms with Crippen LogP contribution in [0, 0.1) is 0 Å². The quantitative estimate of drug-likeness (QED) is 0.799. The summed E-state index contributed by atoms with van der Waals surface area (Å²) in [4.78, 5) is 8.42. The molecule has 1 N–H and O–H groups in total. The van der Waals surface area contributed by atoms with Crippen molar-refractivity contribution in [1.29, 1.82) is 0 Å². The second kappa shape index (κ2) is 3.80. The van der Waals surface area contributed by atoms with Crippen molar-refractivity contribution in [3.63, 3.8) is 0 Å². The maximum atomic E-state index is 3.41. The van der Waals surface area contributed by atoms with Gasteiger partial charge in [0.25, 0.3) is 0 Å². The lowest BCUT2D eigenvalue weighted by molar-refractivity contribution is 0.916. The number of H-pyrrole nitrogens is 1. The van der Waals surface area contributed by atoms with E-state index in [1.165, 1.54) is 63.4 Å². The second-order valence-corrected chi connectivity index (χ2v) is 4.60. The van der Waals surface area contributed by atoms with Gasteiger partial charge in [-0.1, -0.05) is 0 Å². The van der Waals surface area contributed by atoms with Crippen molar-refractivity contribution in [2.75, 3.05) is 36.0 Å². The van der Waals surface area contributed by atoms with E-state index in [1.807, 2.05) is 0 Å². The normalized spacial score (nSPS) is 21.6. The summed E-state index contributed by atoms with van der Waals surface area (Å²) in [5.74, 6) is 1.36. The first-order valence-corrected chi connectivity index (χ1v) is 6.12. The fourth-order valence-electron chi connectivity index (χ4n) is 2.76. The number of aromatic nitrogens is 1. The highest BCUT2D eigenvalue weighted by atomic mass is 15.3. The number of hydrogen-bond acceptors (Lipinski definition) is 2. The van der Waals surface area contributed by atoms with Crippen molar-refractivity contribution >= 4 is 11.5 Å². The Hall–Kier alpha value is -1.12. The molecule has 1 aromatic rings. The van der Waals surface area contributed by atoms with Crippen LogP contribution in [0.5, 0.6) is 0 Å². The van der Waals surface area contributed by atoms with Crippen LogP contribution in [-0.4, -0.2) is 31.2 Å². The van der Waals surface area contributed by atoms with E-state index in [1.54, 1.807) is 0 Å². The molecule has 0 amide bonds. The van der Waals surface area contributed by atoms with Crippen molar-refractivity contribution in [3.8, 4) is 0 Å². The number of aromatic amines is 1. The van der Waals surface area contributed by atoms with Crippen LogP contribution in [-0.2, 0) is 0 Å². The summed E-state index contributed by atoms with van der Waals surface area (Å²) >= 11 is 0. The van der Waals surface area contributed by atoms with Crippen LogP contribution in [0.25, 0.3) is 0 Å². The Morgan fingerprint density at radius 2 is 1.47 bits per heavy atom. The van der Waals surface area contributed by atoms with Gasteiger partial charge in [-0.05, 0) is 31.7 Å². The lowest BCUT2D eigenvalue weighted by Gasteiger charge is -2.23. The molecule has 0 unspecified atom stereocenters. The zero-order chi connectivity index (χ0) is 10.1. The van der Waals surface area contributed by atoms with Gasteiger partial charge < -0.3 is 14.8 Å². The number of anilines is 2. The smallest absolute Gasteiger partial charge is 0.129 e. The number of nitrogens with zero attached hydrogens (tertiary/aromatic N) is 2. The van der Waals surface area contributed by atoms with Crippen molar-refractivity contribution in [1.82, 2.24) is 4.98 Å². The monoisotopic (exact) mass is 205 g/mol. The molecule has 3 heteroatoms. The molecule has 1 aromatic heterocycles. The topological polar surface area (TPSA) is 22.3 Å². The standard InChI is InChI=1S/C12H19N3/c1-2-8-14(7-1)11-5-6-13-12(11)15-9-3-4-10-15/h5-6,13H,1-4,7-10H2. The lowest BCUT2D eigenvalue weighted by atomic mass is 10.4. The van der Waals surface area contributed by atoms with Crippen LogP contribution in [0.1, 0.15) is 25.7 Å². The van der Waals surface area contributed by atoms with Gasteiger partial charge in [-0.25, -0.2) is 0 Å². The van der Waals surface area contributed by atoms with E-state index >= 15 is 0 Å². The Kier molecular flexibility index (Phi) is 2.31. The van der Waals surface area contributed by atoms with E-state index in [-0.39, 0.29) is 0 Å². The summed E-state index contributed by atoms with van der Waals surface area (Å²) in [5, 5.41) is 0. The van der Waals surface area contributed by atoms with Gasteiger partial charge in [0.05, 0.1) is 5.69 Å². The Bertz CT molecular complexity index is 289. The average Bonchev–Trinajstić information content (AvgIpc) is 3.01. The summed E-state index contributed by atoms with van der Waals surface area (Å²) in [7, 11) is 0. The van der Waals surface area contributed by atoms with Crippen LogP contribution in [0.15, 0.2) is 12.3 Å². The molecule has 3 heterocycles. The summed E-state index contributed by atoms with van der Waals surface area (Å²) in [6.45, 7) is 4.92. The summed E-state index contributed by atoms with van der Waals surface area (Å²) in [6, 6.07) is 2.24. The highest BCUT2D eigenvalue weighted by Crippen LogP contribution is 2.32. The van der Waals surface area contributed by atoms with Crippen molar-refractivity contribution < 1.29 is 0 Å². The average molecular weight is 205 g/mol. The number of nitrogens with one attached hydrogen (secondary N) is 1. The van der Waals surface area contributed by atoms with Gasteiger partial charge in [0, 0.05) is 32.4 Å². The van der Waals surface area contributed by atoms with Crippen molar-refractivity contribution in [3.05, 3.63) is 12.3 Å². The van der Waals surface area contributed by atoms with Crippen LogP contribution >= 0.6 is 0 Å². The molecule has 2 aliphatic rings. The van der Waals surface area contributed by atoms with Gasteiger partial charge in [0.15, 0.2) is 0 Å². The summed E-state index contributed by atoms with van der Waals surface area (Å²) < 4.78 is 0. The van der Waals surface area contributed by atoms with Crippen LogP contribution in [0.4, 0.5) is 11.5 Å². The lowest BCUT2D eigenvalue weighted by Crippen LogP contribution is -2.24. The molecule has 0 saturated carbocycles. The van der Waals surface area contributed by atoms with E-state index in [0.717, 1.165) is 0 Å². The molecule has 2 fully saturated rings. The minimum atomic E-state index is 1.22. The molecular weight excluding hydrogens is 186 g/mol. The van der Waals surface area contributed by atoms with Gasteiger partial charge in [0.1, 0.15) is 5.82 Å². The summed E-state index contributed by atoms with van der Waals surface area (Å²) in [6.07, 6.45) is 7.48. The summed E-state index contributed by atoms with van der Waals surface area (Å²) in [5.41, 5.74) is 1.43. The van der Waals surface area contributed by atoms with E-state index in [9.17, 15) is 0 Å². The molecule has 82 valence electrons. The fraction of sp³-hybridized carbons (Fsp3) is 0.667. The molecule has 3 nitrogen and oxygen atoms in total. The Labute approximate surface area is 91.1 Å². The highest BCUT2D eigenvalue weighted by Gasteiger charge is 2.21. The van der Waals surface area contributed by atoms with E-state index in [2.05, 4.69) is 27.0 Å². The third-order valence-corrected chi connectivity index (χ3v) is 3.57. The predicted molar refractivity (Wildman–Crippen MR) is 63.7 cm³/mol. The maximum absolute atomic E-state index is 3.41. The first-order chi connectivity index (χ1) is 7.45. The predicted octanol–water partition coefficient (Wildman–Crippen LogP) is 2.22. The van der Waals surface area contributed by atoms with Crippen LogP contribution in [0.3, 0.4) is 0 Å². The van der Waals surface area contributed by atoms with E-state index in [0.29, 0.717) is 0 Å². The Balaban J connectivity index is 1.84. The second-order valence-electron chi connectivity index (χ2n) is 4.60. The molecular formula is C12H19N3. The van der Waals surface area contributed by atoms with E-state index < -0.39 is 0 Å². The Morgan fingerprint density at radius 3 is 2.13 bits per heavy atom. The zero-order valence-electron chi connectivity index (χ0n) is 9.21. The molecule has 0 aliphatic carbocycles. The molecule has 0 atom stereocenters. The van der Waals surface area contributed by atoms with E-state index in [4.69, 9.17) is 0 Å². The van der Waals surface area contributed by atoms with Crippen molar-refractivity contribution in [2.24, 2.45) is 0 Å². The number of rotatable bonds is 2. The fourth-order valence-corrected chi connectivity index (χ4v) is 2.76. The molecule has 2 saturated heterocycles. The molecule has 0 radical (unpaired) electrons. The minimum Gasteiger partial charge on any atom is -0.369 e. The molecule has 15 heavy (non-hydrogen) atoms. The zero-order valence-corrected chi connectivity index (χ0v) is 9.21. The first kappa shape index (κ1) is 9.13. The van der Waals surface area contributed by atoms with Gasteiger partial charge in [0.2, 0.25) is 0 Å². The van der Waals surface area contributed by atoms with Crippen LogP contribution < -0.4 is 9.80 Å². The van der Waals surface area contributed by atoms with Gasteiger partial charge in [-0.3, -0.25) is 0 Å². The molecule has 2 aliphatic heterocycles. The SMILES string of the molecule is c1cc(N2CCCC2)c(N2CCCC2)[nH]1. The first-order valence-electron chi connectivity index (χ1n) is 6.12. The Morgan fingerprint density at radius 1 is 0.867 bits per heavy atom. The van der Waals surface area contributed by atoms with Gasteiger partial charge in [-0.2, -0.15) is 0 Å². The minimum absolute atomic E-state index is 1.22. The maximum Gasteiger partial charge on any atom is 0.129 e. The third kappa shape index (κ3) is 1.60. The molecule has 0 aromatic carbocycles.